The molecule has 0 spiro atoms. The van der Waals surface area contributed by atoms with Crippen molar-refractivity contribution < 1.29 is 9.84 Å². The lowest BCUT2D eigenvalue weighted by Gasteiger charge is -2.24. The van der Waals surface area contributed by atoms with Crippen molar-refractivity contribution in [2.75, 3.05) is 33.9 Å². The number of ether oxygens (including phenoxy) is 1. The van der Waals surface area contributed by atoms with Gasteiger partial charge < -0.3 is 14.7 Å². The van der Waals surface area contributed by atoms with Crippen LogP contribution < -0.4 is 0 Å². The van der Waals surface area contributed by atoms with Crippen LogP contribution in [0.25, 0.3) is 0 Å². The molecular weight excluding hydrogens is 178 g/mol. The van der Waals surface area contributed by atoms with E-state index in [9.17, 15) is 0 Å². The normalized spacial score (nSPS) is 13.5. The summed E-state index contributed by atoms with van der Waals surface area (Å²) in [5.74, 6) is 0. The van der Waals surface area contributed by atoms with E-state index in [1.54, 1.807) is 7.11 Å². The fraction of sp³-hybridized carbons (Fsp3) is 1.00. The van der Waals surface area contributed by atoms with Crippen LogP contribution in [0.3, 0.4) is 0 Å². The van der Waals surface area contributed by atoms with Crippen molar-refractivity contribution >= 4 is 0 Å². The van der Waals surface area contributed by atoms with E-state index in [-0.39, 0.29) is 0 Å². The summed E-state index contributed by atoms with van der Waals surface area (Å²) in [6.45, 7) is 4.50. The number of unbranched alkanes of at least 4 members (excludes halogenated alkanes) is 2. The van der Waals surface area contributed by atoms with Gasteiger partial charge in [-0.2, -0.15) is 0 Å². The highest BCUT2D eigenvalue weighted by atomic mass is 16.5. The van der Waals surface area contributed by atoms with Gasteiger partial charge in [0.05, 0.1) is 0 Å². The van der Waals surface area contributed by atoms with Crippen LogP contribution in [0.2, 0.25) is 0 Å². The summed E-state index contributed by atoms with van der Waals surface area (Å²) in [4.78, 5) is 2.36. The number of aliphatic hydroxyl groups excluding tert-OH is 1. The lowest BCUT2D eigenvalue weighted by molar-refractivity contribution is 0.151. The molecule has 0 aromatic carbocycles. The Labute approximate surface area is 88.1 Å². The smallest absolute Gasteiger partial charge is 0.0477 e. The molecule has 0 bridgehead atoms. The van der Waals surface area contributed by atoms with Gasteiger partial charge in [0.1, 0.15) is 0 Å². The molecule has 0 saturated carbocycles. The monoisotopic (exact) mass is 203 g/mol. The minimum atomic E-state index is 0.322. The molecule has 0 amide bonds. The van der Waals surface area contributed by atoms with Gasteiger partial charge in [-0.3, -0.25) is 0 Å². The topological polar surface area (TPSA) is 32.7 Å². The van der Waals surface area contributed by atoms with Crippen LogP contribution in [0.5, 0.6) is 0 Å². The second-order valence-electron chi connectivity index (χ2n) is 3.90. The summed E-state index contributed by atoms with van der Waals surface area (Å²) >= 11 is 0. The number of aliphatic hydroxyl groups is 1. The highest BCUT2D eigenvalue weighted by Crippen LogP contribution is 2.04. The van der Waals surface area contributed by atoms with E-state index in [0.717, 1.165) is 32.4 Å². The van der Waals surface area contributed by atoms with E-state index < -0.39 is 0 Å². The fourth-order valence-electron chi connectivity index (χ4n) is 1.38. The van der Waals surface area contributed by atoms with Crippen molar-refractivity contribution in [2.45, 2.75) is 38.6 Å². The third-order valence-corrected chi connectivity index (χ3v) is 2.66. The quantitative estimate of drug-likeness (QED) is 0.577. The van der Waals surface area contributed by atoms with Crippen molar-refractivity contribution in [1.29, 1.82) is 0 Å². The Kier molecular flexibility index (Phi) is 9.35. The second kappa shape index (κ2) is 9.44. The van der Waals surface area contributed by atoms with Gasteiger partial charge in [0, 0.05) is 26.4 Å². The van der Waals surface area contributed by atoms with Crippen molar-refractivity contribution in [3.8, 4) is 0 Å². The van der Waals surface area contributed by atoms with E-state index in [2.05, 4.69) is 18.9 Å². The SMILES string of the molecule is COCCC(C)N(C)CCCCCO. The maximum absolute atomic E-state index is 8.63. The molecule has 14 heavy (non-hydrogen) atoms. The van der Waals surface area contributed by atoms with E-state index >= 15 is 0 Å². The highest BCUT2D eigenvalue weighted by molar-refractivity contribution is 4.62. The Balaban J connectivity index is 3.36. The van der Waals surface area contributed by atoms with Crippen LogP contribution in [-0.2, 0) is 4.74 Å². The Morgan fingerprint density at radius 1 is 1.29 bits per heavy atom. The Morgan fingerprint density at radius 2 is 2.00 bits per heavy atom. The first-order valence-electron chi connectivity index (χ1n) is 5.52. The first kappa shape index (κ1) is 13.9. The van der Waals surface area contributed by atoms with Crippen LogP contribution in [0.1, 0.15) is 32.6 Å². The molecular formula is C11H25NO2. The van der Waals surface area contributed by atoms with Crippen molar-refractivity contribution in [1.82, 2.24) is 4.90 Å². The van der Waals surface area contributed by atoms with Gasteiger partial charge in [-0.05, 0) is 46.2 Å². The first-order chi connectivity index (χ1) is 6.72. The summed E-state index contributed by atoms with van der Waals surface area (Å²) in [6.07, 6.45) is 4.32. The van der Waals surface area contributed by atoms with Gasteiger partial charge in [-0.15, -0.1) is 0 Å². The van der Waals surface area contributed by atoms with E-state index in [4.69, 9.17) is 9.84 Å². The molecule has 0 aliphatic carbocycles. The van der Waals surface area contributed by atoms with Gasteiger partial charge >= 0.3 is 0 Å². The molecule has 0 fully saturated rings. The molecule has 0 aromatic heterocycles. The zero-order valence-corrected chi connectivity index (χ0v) is 9.83. The minimum Gasteiger partial charge on any atom is -0.396 e. The van der Waals surface area contributed by atoms with Crippen LogP contribution in [-0.4, -0.2) is 50.0 Å². The summed E-state index contributed by atoms with van der Waals surface area (Å²) in [5, 5.41) is 8.63. The molecule has 3 heteroatoms. The van der Waals surface area contributed by atoms with Gasteiger partial charge in [0.25, 0.3) is 0 Å². The van der Waals surface area contributed by atoms with Crippen LogP contribution in [0.4, 0.5) is 0 Å². The van der Waals surface area contributed by atoms with Crippen molar-refractivity contribution in [2.24, 2.45) is 0 Å². The van der Waals surface area contributed by atoms with Crippen LogP contribution in [0, 0.1) is 0 Å². The molecule has 1 atom stereocenters. The van der Waals surface area contributed by atoms with Gasteiger partial charge in [0.2, 0.25) is 0 Å². The zero-order chi connectivity index (χ0) is 10.8. The van der Waals surface area contributed by atoms with E-state index in [0.29, 0.717) is 12.6 Å². The van der Waals surface area contributed by atoms with Gasteiger partial charge in [-0.1, -0.05) is 0 Å². The van der Waals surface area contributed by atoms with Crippen molar-refractivity contribution in [3.05, 3.63) is 0 Å². The summed E-state index contributed by atoms with van der Waals surface area (Å²) in [7, 11) is 3.90. The Morgan fingerprint density at radius 3 is 2.57 bits per heavy atom. The third kappa shape index (κ3) is 7.30. The molecule has 0 heterocycles. The molecule has 1 unspecified atom stereocenters. The third-order valence-electron chi connectivity index (χ3n) is 2.66. The maximum Gasteiger partial charge on any atom is 0.0477 e. The number of hydrogen-bond donors (Lipinski definition) is 1. The summed E-state index contributed by atoms with van der Waals surface area (Å²) in [6, 6.07) is 0.587. The summed E-state index contributed by atoms with van der Waals surface area (Å²) in [5.41, 5.74) is 0. The Bertz CT molecular complexity index is 120. The molecule has 0 saturated heterocycles. The number of rotatable bonds is 9. The molecule has 0 aliphatic rings. The molecule has 86 valence electrons. The van der Waals surface area contributed by atoms with Gasteiger partial charge in [-0.25, -0.2) is 0 Å². The number of methoxy groups -OCH3 is 1. The highest BCUT2D eigenvalue weighted by Gasteiger charge is 2.07. The predicted octanol–water partition coefficient (Wildman–Crippen LogP) is 1.51. The predicted molar refractivity (Wildman–Crippen MR) is 59.5 cm³/mol. The molecule has 0 rings (SSSR count). The van der Waals surface area contributed by atoms with E-state index in [1.165, 1.54) is 6.42 Å². The molecule has 1 N–H and O–H groups in total. The average Bonchev–Trinajstić information content (AvgIpc) is 2.20. The standard InChI is InChI=1S/C11H25NO2/c1-11(7-10-14-3)12(2)8-5-4-6-9-13/h11,13H,4-10H2,1-3H3. The number of nitrogens with zero attached hydrogens (tertiary/aromatic N) is 1. The van der Waals surface area contributed by atoms with Gasteiger partial charge in [0.15, 0.2) is 0 Å². The minimum absolute atomic E-state index is 0.322. The van der Waals surface area contributed by atoms with E-state index in [1.807, 2.05) is 0 Å². The Hall–Kier alpha value is -0.120. The molecule has 0 aliphatic heterocycles. The van der Waals surface area contributed by atoms with Crippen molar-refractivity contribution in [3.63, 3.8) is 0 Å². The second-order valence-corrected chi connectivity index (χ2v) is 3.90. The molecule has 0 radical (unpaired) electrons. The lowest BCUT2D eigenvalue weighted by atomic mass is 10.2. The fourth-order valence-corrected chi connectivity index (χ4v) is 1.38. The first-order valence-corrected chi connectivity index (χ1v) is 5.52. The molecule has 3 nitrogen and oxygen atoms in total. The van der Waals surface area contributed by atoms with Crippen LogP contribution in [0.15, 0.2) is 0 Å². The largest absolute Gasteiger partial charge is 0.396 e. The summed E-state index contributed by atoms with van der Waals surface area (Å²) < 4.78 is 5.05. The molecule has 0 aromatic rings. The zero-order valence-electron chi connectivity index (χ0n) is 9.83. The van der Waals surface area contributed by atoms with Crippen LogP contribution >= 0.6 is 0 Å². The lowest BCUT2D eigenvalue weighted by Crippen LogP contribution is -2.30. The average molecular weight is 203 g/mol. The maximum atomic E-state index is 8.63. The number of hydrogen-bond acceptors (Lipinski definition) is 3.